The number of halogens is 1. The van der Waals surface area contributed by atoms with Crippen LogP contribution in [0.25, 0.3) is 10.9 Å². The zero-order valence-electron chi connectivity index (χ0n) is 18.7. The first-order chi connectivity index (χ1) is 14.6. The average molecular weight is 444 g/mol. The normalized spacial score (nSPS) is 19.3. The van der Waals surface area contributed by atoms with Gasteiger partial charge in [0.2, 0.25) is 0 Å². The third-order valence-corrected chi connectivity index (χ3v) is 6.41. The first kappa shape index (κ1) is 21.9. The van der Waals surface area contributed by atoms with E-state index in [2.05, 4.69) is 0 Å². The molecule has 1 aliphatic carbocycles. The molecule has 0 spiro atoms. The Morgan fingerprint density at radius 3 is 2.61 bits per heavy atom. The second-order valence-corrected chi connectivity index (χ2v) is 9.94. The van der Waals surface area contributed by atoms with Crippen molar-refractivity contribution in [3.63, 3.8) is 0 Å². The lowest BCUT2D eigenvalue weighted by atomic mass is 9.94. The zero-order valence-corrected chi connectivity index (χ0v) is 19.5. The summed E-state index contributed by atoms with van der Waals surface area (Å²) in [5, 5.41) is 1.68. The van der Waals surface area contributed by atoms with Gasteiger partial charge in [0.05, 0.1) is 10.5 Å². The molecule has 4 rings (SSSR count). The van der Waals surface area contributed by atoms with E-state index in [0.29, 0.717) is 25.2 Å². The molecular formula is C24H30ClN3O3. The van der Waals surface area contributed by atoms with E-state index < -0.39 is 5.60 Å². The molecule has 0 saturated carbocycles. The van der Waals surface area contributed by atoms with E-state index in [4.69, 9.17) is 21.3 Å². The minimum Gasteiger partial charge on any atom is -0.444 e. The van der Waals surface area contributed by atoms with Gasteiger partial charge in [-0.25, -0.2) is 4.79 Å². The Hall–Kier alpha value is -2.34. The molecule has 2 aromatic rings. The van der Waals surface area contributed by atoms with Gasteiger partial charge in [0, 0.05) is 42.3 Å². The lowest BCUT2D eigenvalue weighted by molar-refractivity contribution is 0.00617. The molecule has 31 heavy (non-hydrogen) atoms. The molecule has 0 radical (unpaired) electrons. The molecule has 166 valence electrons. The number of hydrogen-bond donors (Lipinski definition) is 0. The molecule has 1 aliphatic heterocycles. The largest absolute Gasteiger partial charge is 0.444 e. The van der Waals surface area contributed by atoms with Crippen LogP contribution in [0, 0.1) is 0 Å². The summed E-state index contributed by atoms with van der Waals surface area (Å²) in [6.07, 6.45) is 3.84. The summed E-state index contributed by atoms with van der Waals surface area (Å²) in [4.78, 5) is 34.0. The Bertz CT molecular complexity index is 1030. The molecule has 6 nitrogen and oxygen atoms in total. The van der Waals surface area contributed by atoms with Crippen LogP contribution in [0.4, 0.5) is 4.79 Å². The number of ether oxygens (including phenoxy) is 1. The van der Waals surface area contributed by atoms with Gasteiger partial charge in [0.25, 0.3) is 5.91 Å². The maximum Gasteiger partial charge on any atom is 0.410 e. The van der Waals surface area contributed by atoms with Crippen molar-refractivity contribution in [1.82, 2.24) is 14.8 Å². The highest BCUT2D eigenvalue weighted by atomic mass is 35.5. The Morgan fingerprint density at radius 1 is 1.16 bits per heavy atom. The van der Waals surface area contributed by atoms with Gasteiger partial charge in [-0.15, -0.1) is 0 Å². The van der Waals surface area contributed by atoms with Crippen LogP contribution in [0.3, 0.4) is 0 Å². The molecule has 1 aromatic carbocycles. The number of carbonyl (C=O) groups is 2. The molecule has 1 fully saturated rings. The minimum absolute atomic E-state index is 0.0473. The highest BCUT2D eigenvalue weighted by molar-refractivity contribution is 6.36. The van der Waals surface area contributed by atoms with Gasteiger partial charge >= 0.3 is 6.09 Å². The molecule has 1 unspecified atom stereocenters. The quantitative estimate of drug-likeness (QED) is 0.632. The molecule has 1 atom stereocenters. The van der Waals surface area contributed by atoms with Gasteiger partial charge in [-0.2, -0.15) is 0 Å². The van der Waals surface area contributed by atoms with Gasteiger partial charge < -0.3 is 14.5 Å². The number of piperazine rings is 1. The van der Waals surface area contributed by atoms with E-state index in [1.54, 1.807) is 4.90 Å². The SMILES string of the molecule is CC1CN(C(=O)OC(C)(C)C)CCN1C(=O)c1ccc2c(Cl)c3c(nc2c1)CCCC3. The summed E-state index contributed by atoms with van der Waals surface area (Å²) in [5.74, 6) is -0.0473. The minimum atomic E-state index is -0.536. The van der Waals surface area contributed by atoms with Crippen molar-refractivity contribution in [3.05, 3.63) is 40.0 Å². The molecule has 2 heterocycles. The first-order valence-electron chi connectivity index (χ1n) is 11.0. The van der Waals surface area contributed by atoms with Gasteiger partial charge in [0.1, 0.15) is 5.60 Å². The zero-order chi connectivity index (χ0) is 22.3. The number of benzene rings is 1. The summed E-state index contributed by atoms with van der Waals surface area (Å²) in [5.41, 5.74) is 3.06. The number of pyridine rings is 1. The number of aryl methyl sites for hydroxylation is 1. The molecular weight excluding hydrogens is 414 g/mol. The topological polar surface area (TPSA) is 62.7 Å². The number of fused-ring (bicyclic) bond motifs is 2. The monoisotopic (exact) mass is 443 g/mol. The molecule has 7 heteroatoms. The molecule has 1 aromatic heterocycles. The van der Waals surface area contributed by atoms with Gasteiger partial charge in [-0.05, 0) is 71.1 Å². The maximum atomic E-state index is 13.3. The van der Waals surface area contributed by atoms with Crippen molar-refractivity contribution in [1.29, 1.82) is 0 Å². The second-order valence-electron chi connectivity index (χ2n) is 9.56. The highest BCUT2D eigenvalue weighted by Gasteiger charge is 2.32. The Balaban J connectivity index is 1.52. The Labute approximate surface area is 188 Å². The number of aromatic nitrogens is 1. The fourth-order valence-electron chi connectivity index (χ4n) is 4.42. The number of amides is 2. The van der Waals surface area contributed by atoms with Crippen LogP contribution in [-0.4, -0.2) is 58.1 Å². The smallest absolute Gasteiger partial charge is 0.410 e. The fraction of sp³-hybridized carbons (Fsp3) is 0.542. The van der Waals surface area contributed by atoms with Crippen LogP contribution in [0.2, 0.25) is 5.02 Å². The van der Waals surface area contributed by atoms with Crippen LogP contribution in [0.15, 0.2) is 18.2 Å². The van der Waals surface area contributed by atoms with Crippen molar-refractivity contribution in [2.24, 2.45) is 0 Å². The standard InChI is InChI=1S/C24H30ClN3O3/c1-15-14-27(23(30)31-24(2,3)4)11-12-28(15)22(29)16-9-10-18-20(13-16)26-19-8-6-5-7-17(19)21(18)25/h9-10,13,15H,5-8,11-12,14H2,1-4H3. The van der Waals surface area contributed by atoms with Gasteiger partial charge in [0.15, 0.2) is 0 Å². The summed E-state index contributed by atoms with van der Waals surface area (Å²) in [6, 6.07) is 5.49. The predicted molar refractivity (Wildman–Crippen MR) is 122 cm³/mol. The van der Waals surface area contributed by atoms with Gasteiger partial charge in [-0.3, -0.25) is 9.78 Å². The molecule has 0 bridgehead atoms. The predicted octanol–water partition coefficient (Wildman–Crippen LogP) is 4.85. The van der Waals surface area contributed by atoms with Crippen LogP contribution < -0.4 is 0 Å². The van der Waals surface area contributed by atoms with Crippen LogP contribution >= 0.6 is 11.6 Å². The average Bonchev–Trinajstić information content (AvgIpc) is 2.72. The van der Waals surface area contributed by atoms with Crippen molar-refractivity contribution in [3.8, 4) is 0 Å². The first-order valence-corrected chi connectivity index (χ1v) is 11.4. The van der Waals surface area contributed by atoms with Crippen LogP contribution in [-0.2, 0) is 17.6 Å². The van der Waals surface area contributed by atoms with Crippen molar-refractivity contribution >= 4 is 34.5 Å². The van der Waals surface area contributed by atoms with E-state index in [9.17, 15) is 9.59 Å². The Morgan fingerprint density at radius 2 is 1.90 bits per heavy atom. The van der Waals surface area contributed by atoms with Crippen LogP contribution in [0.5, 0.6) is 0 Å². The molecule has 1 saturated heterocycles. The lowest BCUT2D eigenvalue weighted by Crippen LogP contribution is -2.56. The lowest BCUT2D eigenvalue weighted by Gasteiger charge is -2.40. The van der Waals surface area contributed by atoms with E-state index in [0.717, 1.165) is 52.9 Å². The number of hydrogen-bond acceptors (Lipinski definition) is 4. The molecule has 2 amide bonds. The van der Waals surface area contributed by atoms with E-state index in [1.165, 1.54) is 0 Å². The van der Waals surface area contributed by atoms with Gasteiger partial charge in [-0.1, -0.05) is 17.7 Å². The Kier molecular flexibility index (Phi) is 5.86. The molecule has 0 N–H and O–H groups in total. The van der Waals surface area contributed by atoms with E-state index in [1.807, 2.05) is 50.8 Å². The number of nitrogens with zero attached hydrogens (tertiary/aromatic N) is 3. The number of carbonyl (C=O) groups excluding carboxylic acids is 2. The van der Waals surface area contributed by atoms with E-state index in [-0.39, 0.29) is 18.0 Å². The van der Waals surface area contributed by atoms with E-state index >= 15 is 0 Å². The molecule has 2 aliphatic rings. The second kappa shape index (κ2) is 8.30. The summed E-state index contributed by atoms with van der Waals surface area (Å²) in [6.45, 7) is 8.89. The highest BCUT2D eigenvalue weighted by Crippen LogP contribution is 2.33. The van der Waals surface area contributed by atoms with Crippen molar-refractivity contribution < 1.29 is 14.3 Å². The third-order valence-electron chi connectivity index (χ3n) is 5.98. The summed E-state index contributed by atoms with van der Waals surface area (Å²) in [7, 11) is 0. The van der Waals surface area contributed by atoms with Crippen LogP contribution in [0.1, 0.15) is 62.2 Å². The maximum absolute atomic E-state index is 13.3. The number of rotatable bonds is 1. The fourth-order valence-corrected chi connectivity index (χ4v) is 4.78. The summed E-state index contributed by atoms with van der Waals surface area (Å²) < 4.78 is 5.47. The summed E-state index contributed by atoms with van der Waals surface area (Å²) >= 11 is 6.67. The van der Waals surface area contributed by atoms with Crippen molar-refractivity contribution in [2.75, 3.05) is 19.6 Å². The van der Waals surface area contributed by atoms with Crippen molar-refractivity contribution in [2.45, 2.75) is 65.0 Å². The third kappa shape index (κ3) is 4.49.